The first kappa shape index (κ1) is 16.3. The summed E-state index contributed by atoms with van der Waals surface area (Å²) in [7, 11) is 3.04. The van der Waals surface area contributed by atoms with Gasteiger partial charge in [0.15, 0.2) is 21.6 Å². The highest BCUT2D eigenvalue weighted by Crippen LogP contribution is 2.27. The first-order chi connectivity index (χ1) is 11.6. The van der Waals surface area contributed by atoms with E-state index >= 15 is 0 Å². The van der Waals surface area contributed by atoms with Crippen LogP contribution in [0.15, 0.2) is 34.9 Å². The van der Waals surface area contributed by atoms with Gasteiger partial charge >= 0.3 is 0 Å². The number of methoxy groups -OCH3 is 2. The van der Waals surface area contributed by atoms with Gasteiger partial charge in [0, 0.05) is 17.1 Å². The Kier molecular flexibility index (Phi) is 4.68. The summed E-state index contributed by atoms with van der Waals surface area (Å²) in [6, 6.07) is 4.85. The number of benzene rings is 1. The van der Waals surface area contributed by atoms with Crippen molar-refractivity contribution in [2.75, 3.05) is 14.2 Å². The number of nitrogens with one attached hydrogen (secondary N) is 1. The van der Waals surface area contributed by atoms with Crippen LogP contribution in [0.5, 0.6) is 11.5 Å². The second-order valence-corrected chi connectivity index (χ2v) is 5.84. The highest BCUT2D eigenvalue weighted by molar-refractivity contribution is 7.15. The minimum Gasteiger partial charge on any atom is -0.493 e. The number of hydrazone groups is 1. The molecule has 0 aliphatic carbocycles. The maximum absolute atomic E-state index is 12.2. The van der Waals surface area contributed by atoms with Crippen LogP contribution < -0.4 is 14.9 Å². The van der Waals surface area contributed by atoms with Gasteiger partial charge in [-0.15, -0.1) is 11.3 Å². The number of halogens is 1. The van der Waals surface area contributed by atoms with Crippen molar-refractivity contribution in [2.45, 2.75) is 0 Å². The molecular formula is C15H13ClN4O3S. The SMILES string of the molecule is COc1ccc(C(=O)N/N=C\c2c(Cl)nc3sccn23)cc1OC. The summed E-state index contributed by atoms with van der Waals surface area (Å²) in [5, 5.41) is 6.15. The zero-order valence-corrected chi connectivity index (χ0v) is 14.4. The van der Waals surface area contributed by atoms with E-state index in [4.69, 9.17) is 21.1 Å². The molecule has 1 N–H and O–H groups in total. The van der Waals surface area contributed by atoms with Crippen molar-refractivity contribution in [2.24, 2.45) is 5.10 Å². The van der Waals surface area contributed by atoms with Crippen molar-refractivity contribution in [3.05, 3.63) is 46.2 Å². The van der Waals surface area contributed by atoms with Crippen molar-refractivity contribution in [1.82, 2.24) is 14.8 Å². The Morgan fingerprint density at radius 3 is 2.92 bits per heavy atom. The summed E-state index contributed by atoms with van der Waals surface area (Å²) < 4.78 is 12.1. The van der Waals surface area contributed by atoms with Crippen LogP contribution in [0.4, 0.5) is 0 Å². The lowest BCUT2D eigenvalue weighted by molar-refractivity contribution is 0.0954. The van der Waals surface area contributed by atoms with Crippen molar-refractivity contribution in [3.8, 4) is 11.5 Å². The molecule has 0 aliphatic rings. The van der Waals surface area contributed by atoms with Gasteiger partial charge in [0.1, 0.15) is 5.69 Å². The van der Waals surface area contributed by atoms with Crippen LogP contribution in [0.25, 0.3) is 4.96 Å². The number of hydrogen-bond acceptors (Lipinski definition) is 6. The van der Waals surface area contributed by atoms with Crippen molar-refractivity contribution >= 4 is 40.0 Å². The molecule has 1 amide bonds. The third-order valence-corrected chi connectivity index (χ3v) is 4.29. The number of fused-ring (bicyclic) bond motifs is 1. The average Bonchev–Trinajstić information content (AvgIpc) is 3.15. The summed E-state index contributed by atoms with van der Waals surface area (Å²) in [5.41, 5.74) is 3.44. The summed E-state index contributed by atoms with van der Waals surface area (Å²) >= 11 is 7.51. The molecule has 0 saturated carbocycles. The fourth-order valence-corrected chi connectivity index (χ4v) is 3.08. The second kappa shape index (κ2) is 6.90. The lowest BCUT2D eigenvalue weighted by Gasteiger charge is -2.08. The van der Waals surface area contributed by atoms with E-state index in [1.165, 1.54) is 31.8 Å². The summed E-state index contributed by atoms with van der Waals surface area (Å²) in [6.07, 6.45) is 3.28. The normalized spacial score (nSPS) is 11.1. The van der Waals surface area contributed by atoms with Crippen LogP contribution in [0.3, 0.4) is 0 Å². The van der Waals surface area contributed by atoms with Gasteiger partial charge in [-0.2, -0.15) is 5.10 Å². The molecule has 24 heavy (non-hydrogen) atoms. The molecule has 7 nitrogen and oxygen atoms in total. The average molecular weight is 365 g/mol. The number of imidazole rings is 1. The van der Waals surface area contributed by atoms with Crippen LogP contribution in [0.2, 0.25) is 5.15 Å². The Morgan fingerprint density at radius 2 is 2.17 bits per heavy atom. The van der Waals surface area contributed by atoms with Gasteiger partial charge in [0.25, 0.3) is 5.91 Å². The minimum absolute atomic E-state index is 0.325. The Balaban J connectivity index is 1.75. The maximum atomic E-state index is 12.2. The Morgan fingerprint density at radius 1 is 1.38 bits per heavy atom. The molecule has 0 unspecified atom stereocenters. The van der Waals surface area contributed by atoms with Crippen LogP contribution in [-0.2, 0) is 0 Å². The zero-order valence-electron chi connectivity index (χ0n) is 12.8. The zero-order chi connectivity index (χ0) is 17.1. The van der Waals surface area contributed by atoms with Gasteiger partial charge in [-0.3, -0.25) is 9.20 Å². The van der Waals surface area contributed by atoms with Gasteiger partial charge in [0.2, 0.25) is 0 Å². The topological polar surface area (TPSA) is 77.2 Å². The highest BCUT2D eigenvalue weighted by Gasteiger charge is 2.11. The lowest BCUT2D eigenvalue weighted by Crippen LogP contribution is -2.17. The molecule has 2 aromatic heterocycles. The molecular weight excluding hydrogens is 352 g/mol. The van der Waals surface area contributed by atoms with Gasteiger partial charge in [0.05, 0.1) is 20.4 Å². The van der Waals surface area contributed by atoms with E-state index in [2.05, 4.69) is 15.5 Å². The number of ether oxygens (including phenoxy) is 2. The molecule has 0 radical (unpaired) electrons. The monoisotopic (exact) mass is 364 g/mol. The van der Waals surface area contributed by atoms with Crippen molar-refractivity contribution in [1.29, 1.82) is 0 Å². The van der Waals surface area contributed by atoms with Crippen LogP contribution in [0, 0.1) is 0 Å². The van der Waals surface area contributed by atoms with E-state index in [1.807, 2.05) is 11.6 Å². The molecule has 0 aliphatic heterocycles. The number of rotatable bonds is 5. The van der Waals surface area contributed by atoms with E-state index in [1.54, 1.807) is 22.6 Å². The van der Waals surface area contributed by atoms with E-state index in [-0.39, 0.29) is 5.91 Å². The number of carbonyl (C=O) groups is 1. The summed E-state index contributed by atoms with van der Waals surface area (Å²) in [5.74, 6) is 0.630. The predicted molar refractivity (Wildman–Crippen MR) is 92.7 cm³/mol. The Labute approximate surface area is 146 Å². The van der Waals surface area contributed by atoms with Crippen LogP contribution in [-0.4, -0.2) is 35.7 Å². The molecule has 0 saturated heterocycles. The number of nitrogens with zero attached hydrogens (tertiary/aromatic N) is 3. The number of amides is 1. The largest absolute Gasteiger partial charge is 0.493 e. The van der Waals surface area contributed by atoms with Crippen molar-refractivity contribution < 1.29 is 14.3 Å². The molecule has 124 valence electrons. The van der Waals surface area contributed by atoms with E-state index in [0.717, 1.165) is 4.96 Å². The molecule has 0 spiro atoms. The fourth-order valence-electron chi connectivity index (χ4n) is 2.09. The van der Waals surface area contributed by atoms with Crippen molar-refractivity contribution in [3.63, 3.8) is 0 Å². The molecule has 1 aromatic carbocycles. The first-order valence-electron chi connectivity index (χ1n) is 6.80. The van der Waals surface area contributed by atoms with E-state index < -0.39 is 0 Å². The number of aromatic nitrogens is 2. The molecule has 9 heteroatoms. The quantitative estimate of drug-likeness (QED) is 0.558. The number of hydrogen-bond donors (Lipinski definition) is 1. The lowest BCUT2D eigenvalue weighted by atomic mass is 10.2. The predicted octanol–water partition coefficient (Wildman–Crippen LogP) is 2.83. The smallest absolute Gasteiger partial charge is 0.271 e. The molecule has 3 rings (SSSR count). The summed E-state index contributed by atoms with van der Waals surface area (Å²) in [4.78, 5) is 17.1. The van der Waals surface area contributed by atoms with Gasteiger partial charge in [-0.25, -0.2) is 10.4 Å². The van der Waals surface area contributed by atoms with Gasteiger partial charge < -0.3 is 9.47 Å². The molecule has 0 atom stereocenters. The van der Waals surface area contributed by atoms with Gasteiger partial charge in [-0.1, -0.05) is 11.6 Å². The molecule has 2 heterocycles. The number of carbonyl (C=O) groups excluding carboxylic acids is 1. The maximum Gasteiger partial charge on any atom is 0.271 e. The minimum atomic E-state index is -0.380. The van der Waals surface area contributed by atoms with Gasteiger partial charge in [-0.05, 0) is 18.2 Å². The third kappa shape index (κ3) is 3.06. The highest BCUT2D eigenvalue weighted by atomic mass is 35.5. The summed E-state index contributed by atoms with van der Waals surface area (Å²) in [6.45, 7) is 0. The Hall–Kier alpha value is -2.58. The molecule has 0 fully saturated rings. The van der Waals surface area contributed by atoms with Crippen LogP contribution in [0.1, 0.15) is 16.1 Å². The standard InChI is InChI=1S/C15H13ClN4O3S/c1-22-11-4-3-9(7-12(11)23-2)14(21)19-17-8-10-13(16)18-15-20(10)5-6-24-15/h3-8H,1-2H3,(H,19,21)/b17-8-. The second-order valence-electron chi connectivity index (χ2n) is 4.61. The number of thiazole rings is 1. The molecule has 3 aromatic rings. The Bertz CT molecular complexity index is 919. The van der Waals surface area contributed by atoms with E-state index in [9.17, 15) is 4.79 Å². The van der Waals surface area contributed by atoms with E-state index in [0.29, 0.717) is 27.9 Å². The third-order valence-electron chi connectivity index (χ3n) is 3.25. The first-order valence-corrected chi connectivity index (χ1v) is 8.06. The molecule has 0 bridgehead atoms. The van der Waals surface area contributed by atoms with Crippen LogP contribution >= 0.6 is 22.9 Å². The fraction of sp³-hybridized carbons (Fsp3) is 0.133.